The summed E-state index contributed by atoms with van der Waals surface area (Å²) in [5, 5.41) is 9.12. The highest BCUT2D eigenvalue weighted by atomic mass is 16.5. The fraction of sp³-hybridized carbons (Fsp3) is 0.265. The van der Waals surface area contributed by atoms with Gasteiger partial charge in [-0.25, -0.2) is 4.98 Å². The van der Waals surface area contributed by atoms with E-state index in [1.54, 1.807) is 42.5 Å². The zero-order chi connectivity index (χ0) is 32.2. The van der Waals surface area contributed by atoms with Crippen LogP contribution in [0.1, 0.15) is 49.5 Å². The molecule has 12 nitrogen and oxygen atoms in total. The molecule has 3 heterocycles. The number of piperazine rings is 1. The van der Waals surface area contributed by atoms with Crippen LogP contribution in [-0.4, -0.2) is 76.8 Å². The Kier molecular flexibility index (Phi) is 8.79. The van der Waals surface area contributed by atoms with Crippen molar-refractivity contribution in [1.29, 1.82) is 0 Å². The fourth-order valence-corrected chi connectivity index (χ4v) is 5.95. The Hall–Kier alpha value is -5.49. The molecule has 3 amide bonds. The first-order valence-corrected chi connectivity index (χ1v) is 15.1. The van der Waals surface area contributed by atoms with Crippen molar-refractivity contribution in [2.45, 2.75) is 31.5 Å². The first kappa shape index (κ1) is 30.5. The van der Waals surface area contributed by atoms with Crippen molar-refractivity contribution in [2.24, 2.45) is 5.73 Å². The maximum Gasteiger partial charge on any atom is 0.254 e. The summed E-state index contributed by atoms with van der Waals surface area (Å²) < 4.78 is 5.62. The number of carbonyl (C=O) groups is 3. The molecule has 0 aliphatic carbocycles. The second-order valence-electron chi connectivity index (χ2n) is 11.5. The summed E-state index contributed by atoms with van der Waals surface area (Å²) in [7, 11) is 3.64. The molecule has 2 atom stereocenters. The van der Waals surface area contributed by atoms with Crippen molar-refractivity contribution in [3.63, 3.8) is 0 Å². The predicted octanol–water partition coefficient (Wildman–Crippen LogP) is 3.92. The van der Waals surface area contributed by atoms with Crippen molar-refractivity contribution in [2.75, 3.05) is 37.9 Å². The van der Waals surface area contributed by atoms with Crippen molar-refractivity contribution >= 4 is 40.9 Å². The van der Waals surface area contributed by atoms with E-state index in [2.05, 4.69) is 37.9 Å². The second-order valence-corrected chi connectivity index (χ2v) is 11.5. The van der Waals surface area contributed by atoms with Gasteiger partial charge in [0.2, 0.25) is 5.95 Å². The Bertz CT molecular complexity index is 1730. The summed E-state index contributed by atoms with van der Waals surface area (Å²) in [5.74, 6) is -0.177. The van der Waals surface area contributed by atoms with Gasteiger partial charge in [0, 0.05) is 54.7 Å². The maximum atomic E-state index is 13.4. The third kappa shape index (κ3) is 6.61. The van der Waals surface area contributed by atoms with E-state index in [0.29, 0.717) is 60.0 Å². The van der Waals surface area contributed by atoms with Crippen molar-refractivity contribution < 1.29 is 19.1 Å². The lowest BCUT2D eigenvalue weighted by atomic mass is 10.1. The number of anilines is 4. The van der Waals surface area contributed by atoms with E-state index in [-0.39, 0.29) is 29.1 Å². The highest BCUT2D eigenvalue weighted by Crippen LogP contribution is 2.33. The van der Waals surface area contributed by atoms with Crippen LogP contribution in [0.25, 0.3) is 0 Å². The third-order valence-corrected chi connectivity index (χ3v) is 8.59. The molecule has 0 radical (unpaired) electrons. The number of hydrogen-bond donors (Lipinski definition) is 4. The summed E-state index contributed by atoms with van der Waals surface area (Å²) in [6.45, 7) is 1.84. The molecule has 2 saturated heterocycles. The van der Waals surface area contributed by atoms with Crippen LogP contribution in [0.4, 0.5) is 23.1 Å². The van der Waals surface area contributed by atoms with Gasteiger partial charge in [-0.3, -0.25) is 19.3 Å². The lowest BCUT2D eigenvalue weighted by molar-refractivity contribution is 0.0523. The Labute approximate surface area is 267 Å². The Balaban J connectivity index is 1.15. The second kappa shape index (κ2) is 13.2. The van der Waals surface area contributed by atoms with Crippen molar-refractivity contribution in [1.82, 2.24) is 25.1 Å². The summed E-state index contributed by atoms with van der Waals surface area (Å²) >= 11 is 0. The van der Waals surface area contributed by atoms with Gasteiger partial charge < -0.3 is 31.3 Å². The smallest absolute Gasteiger partial charge is 0.254 e. The van der Waals surface area contributed by atoms with Crippen LogP contribution in [0.2, 0.25) is 0 Å². The third-order valence-electron chi connectivity index (χ3n) is 8.59. The molecule has 4 aromatic rings. The number of methoxy groups -OCH3 is 1. The molecule has 236 valence electrons. The van der Waals surface area contributed by atoms with E-state index in [9.17, 15) is 14.4 Å². The lowest BCUT2D eigenvalue weighted by Gasteiger charge is -2.39. The van der Waals surface area contributed by atoms with Gasteiger partial charge in [0.15, 0.2) is 0 Å². The molecule has 2 fully saturated rings. The summed E-state index contributed by atoms with van der Waals surface area (Å²) in [6, 6.07) is 22.5. The zero-order valence-corrected chi connectivity index (χ0v) is 25.7. The first-order valence-electron chi connectivity index (χ1n) is 15.1. The number of aromatic nitrogens is 2. The number of rotatable bonds is 10. The number of amides is 3. The van der Waals surface area contributed by atoms with Crippen LogP contribution >= 0.6 is 0 Å². The fourth-order valence-electron chi connectivity index (χ4n) is 5.95. The number of primary amides is 1. The molecule has 3 aromatic carbocycles. The number of nitrogens with zero attached hydrogens (tertiary/aromatic N) is 4. The van der Waals surface area contributed by atoms with E-state index in [4.69, 9.17) is 10.5 Å². The predicted molar refractivity (Wildman–Crippen MR) is 175 cm³/mol. The molecule has 0 spiro atoms. The van der Waals surface area contributed by atoms with Gasteiger partial charge in [-0.2, -0.15) is 4.98 Å². The van der Waals surface area contributed by atoms with Gasteiger partial charge >= 0.3 is 0 Å². The molecule has 2 unspecified atom stereocenters. The maximum absolute atomic E-state index is 13.4. The monoisotopic (exact) mass is 620 g/mol. The number of nitrogens with one attached hydrogen (secondary N) is 3. The van der Waals surface area contributed by atoms with Crippen LogP contribution in [-0.2, 0) is 6.54 Å². The van der Waals surface area contributed by atoms with Gasteiger partial charge in [0.25, 0.3) is 17.7 Å². The molecule has 0 saturated carbocycles. The average molecular weight is 621 g/mol. The minimum Gasteiger partial charge on any atom is -0.495 e. The Morgan fingerprint density at radius 2 is 1.63 bits per heavy atom. The molecule has 2 aliphatic heterocycles. The molecular formula is C34H36N8O4. The van der Waals surface area contributed by atoms with E-state index < -0.39 is 5.91 Å². The Morgan fingerprint density at radius 1 is 0.935 bits per heavy atom. The number of fused-ring (bicyclic) bond motifs is 2. The SMILES string of the molecule is COc1cc(C(=O)N2CC3CCC(C2)N3C)ccc1Nc1nc(Nc2ccc(C(=O)NCc3ccccc3)cc2)ncc1C(N)=O. The molecule has 5 N–H and O–H groups in total. The minimum atomic E-state index is -0.713. The van der Waals surface area contributed by atoms with Gasteiger partial charge in [-0.15, -0.1) is 0 Å². The lowest BCUT2D eigenvalue weighted by Crippen LogP contribution is -2.53. The molecular weight excluding hydrogens is 584 g/mol. The zero-order valence-electron chi connectivity index (χ0n) is 25.7. The highest BCUT2D eigenvalue weighted by molar-refractivity contribution is 5.99. The number of carbonyl (C=O) groups excluding carboxylic acids is 3. The molecule has 2 aliphatic rings. The van der Waals surface area contributed by atoms with E-state index in [0.717, 1.165) is 18.4 Å². The van der Waals surface area contributed by atoms with Gasteiger partial charge in [0.05, 0.1) is 12.8 Å². The quantitative estimate of drug-likeness (QED) is 0.207. The highest BCUT2D eigenvalue weighted by Gasteiger charge is 2.39. The van der Waals surface area contributed by atoms with Crippen LogP contribution in [0, 0.1) is 0 Å². The largest absolute Gasteiger partial charge is 0.495 e. The number of nitrogens with two attached hydrogens (primary N) is 1. The number of hydrogen-bond acceptors (Lipinski definition) is 9. The minimum absolute atomic E-state index is 0.0408. The standard InChI is InChI=1S/C34H36N8O4/c1-41-25-13-14-26(41)20-42(19-25)33(45)23-10-15-28(29(16-23)46-2)39-31-27(30(35)43)18-37-34(40-31)38-24-11-8-22(9-12-24)32(44)36-17-21-6-4-3-5-7-21/h3-12,15-16,18,25-26H,13-14,17,19-20H2,1-2H3,(H2,35,43)(H,36,44)(H2,37,38,39,40). The summed E-state index contributed by atoms with van der Waals surface area (Å²) in [5.41, 5.74) is 8.86. The molecule has 12 heteroatoms. The van der Waals surface area contributed by atoms with Crippen molar-refractivity contribution in [3.8, 4) is 5.75 Å². The first-order chi connectivity index (χ1) is 22.3. The van der Waals surface area contributed by atoms with Crippen LogP contribution in [0.5, 0.6) is 5.75 Å². The van der Waals surface area contributed by atoms with Gasteiger partial charge in [0.1, 0.15) is 17.1 Å². The van der Waals surface area contributed by atoms with Crippen LogP contribution in [0.15, 0.2) is 79.0 Å². The molecule has 2 bridgehead atoms. The summed E-state index contributed by atoms with van der Waals surface area (Å²) in [6.07, 6.45) is 3.54. The molecule has 1 aromatic heterocycles. The average Bonchev–Trinajstić information content (AvgIpc) is 3.26. The summed E-state index contributed by atoms with van der Waals surface area (Å²) in [4.78, 5) is 51.3. The van der Waals surface area contributed by atoms with Crippen LogP contribution in [0.3, 0.4) is 0 Å². The van der Waals surface area contributed by atoms with Crippen molar-refractivity contribution in [3.05, 3.63) is 101 Å². The number of ether oxygens (including phenoxy) is 1. The number of likely N-dealkylation sites (tertiary alicyclic amines) is 1. The molecule has 6 rings (SSSR count). The molecule has 46 heavy (non-hydrogen) atoms. The Morgan fingerprint density at radius 3 is 2.30 bits per heavy atom. The number of benzene rings is 3. The number of likely N-dealkylation sites (N-methyl/N-ethyl adjacent to an activating group) is 1. The van der Waals surface area contributed by atoms with E-state index in [1.165, 1.54) is 13.3 Å². The van der Waals surface area contributed by atoms with Crippen LogP contribution < -0.4 is 26.4 Å². The topological polar surface area (TPSA) is 155 Å². The van der Waals surface area contributed by atoms with Gasteiger partial charge in [-0.05, 0) is 67.9 Å². The normalized spacial score (nSPS) is 17.3. The van der Waals surface area contributed by atoms with E-state index >= 15 is 0 Å². The van der Waals surface area contributed by atoms with E-state index in [1.807, 2.05) is 35.2 Å². The van der Waals surface area contributed by atoms with Gasteiger partial charge in [-0.1, -0.05) is 30.3 Å².